The van der Waals surface area contributed by atoms with Crippen LogP contribution in [0.5, 0.6) is 5.75 Å². The molecule has 10 heteroatoms. The van der Waals surface area contributed by atoms with Crippen molar-refractivity contribution in [1.82, 2.24) is 19.4 Å². The number of nitrogens with zero attached hydrogens (tertiary/aromatic N) is 4. The predicted molar refractivity (Wildman–Crippen MR) is 133 cm³/mol. The molecule has 0 spiro atoms. The molecule has 3 aliphatic rings. The molecule has 1 atom stereocenters. The summed E-state index contributed by atoms with van der Waals surface area (Å²) >= 11 is -0.677. The van der Waals surface area contributed by atoms with Crippen molar-refractivity contribution < 1.29 is 18.4 Å². The minimum absolute atomic E-state index is 0.00970. The molecule has 0 unspecified atom stereocenters. The minimum Gasteiger partial charge on any atom is -0.616 e. The van der Waals surface area contributed by atoms with Crippen LogP contribution in [-0.2, 0) is 15.9 Å². The second kappa shape index (κ2) is 9.57. The van der Waals surface area contributed by atoms with Crippen molar-refractivity contribution in [2.45, 2.75) is 43.9 Å². The lowest BCUT2D eigenvalue weighted by Crippen LogP contribution is -2.51. The lowest BCUT2D eigenvalue weighted by atomic mass is 9.85. The van der Waals surface area contributed by atoms with E-state index in [9.17, 15) is 4.55 Å². The molecule has 6 rings (SSSR count). The van der Waals surface area contributed by atoms with Crippen LogP contribution in [0.3, 0.4) is 0 Å². The fraction of sp³-hybridized carbons (Fsp3) is 0.520. The van der Waals surface area contributed by atoms with E-state index >= 15 is 4.39 Å². The lowest BCUT2D eigenvalue weighted by Gasteiger charge is -2.44. The Balaban J connectivity index is 1.28. The fourth-order valence-electron chi connectivity index (χ4n) is 5.48. The average Bonchev–Trinajstić information content (AvgIpc) is 3.48. The number of nitrogens with two attached hydrogens (primary N) is 1. The summed E-state index contributed by atoms with van der Waals surface area (Å²) in [6, 6.07) is 5.92. The fourth-order valence-corrected chi connectivity index (χ4v) is 6.56. The Morgan fingerprint density at radius 3 is 2.77 bits per heavy atom. The molecule has 2 aliphatic heterocycles. The van der Waals surface area contributed by atoms with Crippen LogP contribution in [0.1, 0.15) is 31.7 Å². The first-order chi connectivity index (χ1) is 17.1. The van der Waals surface area contributed by atoms with Gasteiger partial charge in [-0.15, -0.1) is 0 Å². The lowest BCUT2D eigenvalue weighted by molar-refractivity contribution is 0.0666. The highest BCUT2D eigenvalue weighted by Crippen LogP contribution is 2.43. The predicted octanol–water partition coefficient (Wildman–Crippen LogP) is 3.15. The monoisotopic (exact) mass is 499 g/mol. The molecule has 1 saturated carbocycles. The Bertz CT molecular complexity index is 1200. The van der Waals surface area contributed by atoms with Gasteiger partial charge in [0.05, 0.1) is 11.5 Å². The molecule has 4 heterocycles. The molecule has 0 amide bonds. The van der Waals surface area contributed by atoms with E-state index in [0.717, 1.165) is 62.5 Å². The van der Waals surface area contributed by atoms with E-state index in [2.05, 4.69) is 19.4 Å². The molecule has 2 saturated heterocycles. The summed E-state index contributed by atoms with van der Waals surface area (Å²) in [7, 11) is 0. The number of benzene rings is 1. The summed E-state index contributed by atoms with van der Waals surface area (Å²) < 4.78 is 40.9. The number of fused-ring (bicyclic) bond motifs is 1. The average molecular weight is 500 g/mol. The van der Waals surface area contributed by atoms with Gasteiger partial charge in [0, 0.05) is 49.1 Å². The van der Waals surface area contributed by atoms with Crippen molar-refractivity contribution >= 4 is 28.0 Å². The summed E-state index contributed by atoms with van der Waals surface area (Å²) in [5.41, 5.74) is 8.11. The molecule has 0 radical (unpaired) electrons. The quantitative estimate of drug-likeness (QED) is 0.520. The van der Waals surface area contributed by atoms with Gasteiger partial charge in [0.2, 0.25) is 0 Å². The number of nitrogen functional groups attached to an aromatic ring is 1. The van der Waals surface area contributed by atoms with Crippen LogP contribution in [0, 0.1) is 5.82 Å². The second-order valence-corrected chi connectivity index (χ2v) is 11.3. The smallest absolute Gasteiger partial charge is 0.172 e. The van der Waals surface area contributed by atoms with Crippen LogP contribution in [-0.4, -0.2) is 73.9 Å². The molecule has 8 nitrogen and oxygen atoms in total. The highest BCUT2D eigenvalue weighted by molar-refractivity contribution is 7.91. The highest BCUT2D eigenvalue weighted by atomic mass is 32.2. The van der Waals surface area contributed by atoms with Gasteiger partial charge in [0.1, 0.15) is 35.9 Å². The largest absolute Gasteiger partial charge is 0.616 e. The van der Waals surface area contributed by atoms with Crippen LogP contribution in [0.4, 0.5) is 10.2 Å². The summed E-state index contributed by atoms with van der Waals surface area (Å²) in [5, 5.41) is 0.666. The molecule has 3 aromatic rings. The Labute approximate surface area is 206 Å². The van der Waals surface area contributed by atoms with E-state index < -0.39 is 17.0 Å². The van der Waals surface area contributed by atoms with Gasteiger partial charge in [-0.05, 0) is 31.7 Å². The SMILES string of the molecule is Nc1ncnc2c1c(-c1cccc(OC[C@H]3CCCO3)c1F)cn2C1CC(N2CC[S+]([O-])CC2)C1. The first kappa shape index (κ1) is 23.0. The number of hydrogen-bond donors (Lipinski definition) is 1. The Morgan fingerprint density at radius 2 is 2.00 bits per heavy atom. The molecule has 2 aromatic heterocycles. The van der Waals surface area contributed by atoms with Gasteiger partial charge in [-0.25, -0.2) is 14.4 Å². The van der Waals surface area contributed by atoms with Gasteiger partial charge in [-0.2, -0.15) is 0 Å². The van der Waals surface area contributed by atoms with Crippen molar-refractivity contribution in [1.29, 1.82) is 0 Å². The summed E-state index contributed by atoms with van der Waals surface area (Å²) in [5.74, 6) is 1.64. The number of hydrogen-bond acceptors (Lipinski definition) is 7. The molecular weight excluding hydrogens is 469 g/mol. The number of ether oxygens (including phenoxy) is 2. The molecule has 3 fully saturated rings. The maximum absolute atomic E-state index is 15.6. The third-order valence-electron chi connectivity index (χ3n) is 7.55. The Kier molecular flexibility index (Phi) is 6.30. The van der Waals surface area contributed by atoms with E-state index in [1.165, 1.54) is 6.33 Å². The van der Waals surface area contributed by atoms with Crippen LogP contribution in [0.25, 0.3) is 22.2 Å². The van der Waals surface area contributed by atoms with Gasteiger partial charge >= 0.3 is 0 Å². The summed E-state index contributed by atoms with van der Waals surface area (Å²) in [4.78, 5) is 11.2. The number of aromatic nitrogens is 3. The topological polar surface area (TPSA) is 101 Å². The van der Waals surface area contributed by atoms with Gasteiger partial charge < -0.3 is 24.3 Å². The first-order valence-corrected chi connectivity index (χ1v) is 13.8. The maximum Gasteiger partial charge on any atom is 0.172 e. The third kappa shape index (κ3) is 4.37. The standard InChI is InChI=1S/C25H30FN5O3S/c26-23-19(4-1-5-21(23)34-14-18-3-2-8-33-18)20-13-31(25-22(20)24(27)28-15-29-25)17-11-16(12-17)30-6-9-35(32)10-7-30/h1,4-5,13,15-18H,2-3,6-12,14H2,(H2,27,28,29)/t16?,17?,18-/m1/s1. The second-order valence-electron chi connectivity index (χ2n) is 9.63. The van der Waals surface area contributed by atoms with Crippen molar-refractivity contribution in [2.75, 3.05) is 43.5 Å². The van der Waals surface area contributed by atoms with Gasteiger partial charge in [-0.1, -0.05) is 23.3 Å². The zero-order chi connectivity index (χ0) is 23.9. The zero-order valence-corrected chi connectivity index (χ0v) is 20.4. The highest BCUT2D eigenvalue weighted by Gasteiger charge is 2.38. The molecule has 35 heavy (non-hydrogen) atoms. The van der Waals surface area contributed by atoms with Crippen molar-refractivity contribution in [3.63, 3.8) is 0 Å². The van der Waals surface area contributed by atoms with Gasteiger partial charge in [0.25, 0.3) is 0 Å². The number of halogens is 1. The number of anilines is 1. The van der Waals surface area contributed by atoms with Crippen molar-refractivity contribution in [3.05, 3.63) is 36.5 Å². The van der Waals surface area contributed by atoms with Crippen LogP contribution >= 0.6 is 0 Å². The molecule has 1 aliphatic carbocycles. The van der Waals surface area contributed by atoms with E-state index in [1.807, 2.05) is 6.20 Å². The Hall–Kier alpha value is -2.40. The molecular formula is C25H30FN5O3S. The molecule has 2 N–H and O–H groups in total. The normalized spacial score (nSPS) is 25.7. The van der Waals surface area contributed by atoms with Crippen LogP contribution in [0.15, 0.2) is 30.7 Å². The maximum atomic E-state index is 15.6. The number of rotatable bonds is 6. The summed E-state index contributed by atoms with van der Waals surface area (Å²) in [6.07, 6.45) is 7.33. The van der Waals surface area contributed by atoms with Crippen molar-refractivity contribution in [2.24, 2.45) is 0 Å². The van der Waals surface area contributed by atoms with E-state index in [4.69, 9.17) is 15.2 Å². The molecule has 0 bridgehead atoms. The van der Waals surface area contributed by atoms with Crippen LogP contribution < -0.4 is 10.5 Å². The van der Waals surface area contributed by atoms with E-state index in [1.54, 1.807) is 18.2 Å². The Morgan fingerprint density at radius 1 is 1.17 bits per heavy atom. The van der Waals surface area contributed by atoms with Gasteiger partial charge in [-0.3, -0.25) is 4.90 Å². The minimum atomic E-state index is -0.677. The van der Waals surface area contributed by atoms with Gasteiger partial charge in [0.15, 0.2) is 11.6 Å². The van der Waals surface area contributed by atoms with E-state index in [-0.39, 0.29) is 17.9 Å². The van der Waals surface area contributed by atoms with Crippen LogP contribution in [0.2, 0.25) is 0 Å². The summed E-state index contributed by atoms with van der Waals surface area (Å²) in [6.45, 7) is 2.84. The van der Waals surface area contributed by atoms with E-state index in [0.29, 0.717) is 35.0 Å². The first-order valence-electron chi connectivity index (χ1n) is 12.3. The zero-order valence-electron chi connectivity index (χ0n) is 19.6. The third-order valence-corrected chi connectivity index (χ3v) is 8.83. The molecule has 1 aromatic carbocycles. The van der Waals surface area contributed by atoms with Crippen molar-refractivity contribution in [3.8, 4) is 16.9 Å². The molecule has 186 valence electrons.